The van der Waals surface area contributed by atoms with Crippen LogP contribution >= 0.6 is 11.3 Å². The zero-order valence-electron chi connectivity index (χ0n) is 15.9. The van der Waals surface area contributed by atoms with E-state index in [9.17, 15) is 9.59 Å². The SMILES string of the molecule is C=CCOC(=O)c1sc(NC(=O)c2cc(-c3ccc(OCC)cc3)on2)nc1C. The van der Waals surface area contributed by atoms with Crippen molar-refractivity contribution in [2.24, 2.45) is 0 Å². The highest BCUT2D eigenvalue weighted by Crippen LogP contribution is 2.26. The lowest BCUT2D eigenvalue weighted by molar-refractivity contribution is 0.0554. The molecule has 1 aromatic carbocycles. The Balaban J connectivity index is 1.69. The van der Waals surface area contributed by atoms with Gasteiger partial charge in [0, 0.05) is 11.6 Å². The molecule has 8 nitrogen and oxygen atoms in total. The van der Waals surface area contributed by atoms with Gasteiger partial charge < -0.3 is 14.0 Å². The first kappa shape index (κ1) is 20.3. The second kappa shape index (κ2) is 9.16. The van der Waals surface area contributed by atoms with Gasteiger partial charge in [-0.05, 0) is 38.1 Å². The molecule has 0 saturated carbocycles. The van der Waals surface area contributed by atoms with E-state index in [1.54, 1.807) is 6.92 Å². The van der Waals surface area contributed by atoms with Crippen molar-refractivity contribution in [3.8, 4) is 17.1 Å². The van der Waals surface area contributed by atoms with Crippen molar-refractivity contribution in [3.05, 3.63) is 59.3 Å². The number of nitrogens with zero attached hydrogens (tertiary/aromatic N) is 2. The normalized spacial score (nSPS) is 10.4. The lowest BCUT2D eigenvalue weighted by atomic mass is 10.1. The number of carbonyl (C=O) groups is 2. The summed E-state index contributed by atoms with van der Waals surface area (Å²) >= 11 is 1.03. The van der Waals surface area contributed by atoms with Crippen LogP contribution in [-0.2, 0) is 4.74 Å². The third kappa shape index (κ3) is 4.88. The molecule has 0 bridgehead atoms. The summed E-state index contributed by atoms with van der Waals surface area (Å²) in [6.07, 6.45) is 1.48. The molecule has 2 heterocycles. The second-order valence-corrected chi connectivity index (χ2v) is 6.81. The minimum absolute atomic E-state index is 0.0949. The van der Waals surface area contributed by atoms with Crippen molar-refractivity contribution in [2.45, 2.75) is 13.8 Å². The van der Waals surface area contributed by atoms with Gasteiger partial charge in [0.2, 0.25) is 0 Å². The van der Waals surface area contributed by atoms with Crippen LogP contribution in [0.1, 0.15) is 32.8 Å². The summed E-state index contributed by atoms with van der Waals surface area (Å²) in [5, 5.41) is 6.69. The van der Waals surface area contributed by atoms with Crippen molar-refractivity contribution in [1.82, 2.24) is 10.1 Å². The molecule has 0 aliphatic carbocycles. The molecule has 0 saturated heterocycles. The van der Waals surface area contributed by atoms with E-state index in [1.165, 1.54) is 12.1 Å². The number of hydrogen-bond donors (Lipinski definition) is 1. The molecule has 2 aromatic heterocycles. The summed E-state index contributed by atoms with van der Waals surface area (Å²) in [4.78, 5) is 28.9. The zero-order chi connectivity index (χ0) is 20.8. The van der Waals surface area contributed by atoms with Gasteiger partial charge in [0.25, 0.3) is 5.91 Å². The largest absolute Gasteiger partial charge is 0.494 e. The van der Waals surface area contributed by atoms with Crippen LogP contribution in [0.15, 0.2) is 47.5 Å². The van der Waals surface area contributed by atoms with Crippen molar-refractivity contribution >= 4 is 28.3 Å². The monoisotopic (exact) mass is 413 g/mol. The molecule has 0 atom stereocenters. The first-order valence-electron chi connectivity index (χ1n) is 8.78. The third-order valence-corrected chi connectivity index (χ3v) is 4.78. The Bertz CT molecular complexity index is 1020. The lowest BCUT2D eigenvalue weighted by Crippen LogP contribution is -2.11. The maximum atomic E-state index is 12.4. The molecule has 0 aliphatic rings. The maximum Gasteiger partial charge on any atom is 0.350 e. The number of rotatable bonds is 8. The van der Waals surface area contributed by atoms with Gasteiger partial charge in [-0.15, -0.1) is 0 Å². The standard InChI is InChI=1S/C20H19N3O5S/c1-4-10-27-19(25)17-12(3)21-20(29-17)22-18(24)15-11-16(28-23-15)13-6-8-14(9-7-13)26-5-2/h4,6-9,11H,1,5,10H2,2-3H3,(H,21,22,24). The van der Waals surface area contributed by atoms with E-state index in [0.717, 1.165) is 22.6 Å². The highest BCUT2D eigenvalue weighted by Gasteiger charge is 2.20. The molecular formula is C20H19N3O5S. The Morgan fingerprint density at radius 3 is 2.76 bits per heavy atom. The average Bonchev–Trinajstić information content (AvgIpc) is 3.34. The third-order valence-electron chi connectivity index (χ3n) is 3.73. The van der Waals surface area contributed by atoms with Crippen molar-refractivity contribution in [1.29, 1.82) is 0 Å². The molecule has 0 aliphatic heterocycles. The van der Waals surface area contributed by atoms with Crippen molar-refractivity contribution in [3.63, 3.8) is 0 Å². The number of benzene rings is 1. The number of aromatic nitrogens is 2. The fourth-order valence-corrected chi connectivity index (χ4v) is 3.26. The van der Waals surface area contributed by atoms with E-state index in [1.807, 2.05) is 31.2 Å². The number of nitrogens with one attached hydrogen (secondary N) is 1. The lowest BCUT2D eigenvalue weighted by Gasteiger charge is -2.02. The van der Waals surface area contributed by atoms with Gasteiger partial charge in [0.1, 0.15) is 17.2 Å². The van der Waals surface area contributed by atoms with Crippen molar-refractivity contribution < 1.29 is 23.6 Å². The Hall–Kier alpha value is -3.46. The second-order valence-electron chi connectivity index (χ2n) is 5.81. The number of esters is 1. The number of thiazole rings is 1. The number of anilines is 1. The number of carbonyl (C=O) groups excluding carboxylic acids is 2. The Morgan fingerprint density at radius 2 is 2.07 bits per heavy atom. The molecule has 3 rings (SSSR count). The minimum Gasteiger partial charge on any atom is -0.494 e. The Morgan fingerprint density at radius 1 is 1.31 bits per heavy atom. The molecule has 0 radical (unpaired) electrons. The van der Waals surface area contributed by atoms with Gasteiger partial charge in [-0.1, -0.05) is 29.1 Å². The van der Waals surface area contributed by atoms with Gasteiger partial charge in [0.15, 0.2) is 16.6 Å². The first-order chi connectivity index (χ1) is 14.0. The predicted molar refractivity (Wildman–Crippen MR) is 108 cm³/mol. The first-order valence-corrected chi connectivity index (χ1v) is 9.60. The zero-order valence-corrected chi connectivity index (χ0v) is 16.7. The van der Waals surface area contributed by atoms with Crippen LogP contribution < -0.4 is 10.1 Å². The molecule has 1 N–H and O–H groups in total. The van der Waals surface area contributed by atoms with Gasteiger partial charge >= 0.3 is 5.97 Å². The minimum atomic E-state index is -0.514. The smallest absolute Gasteiger partial charge is 0.350 e. The van der Waals surface area contributed by atoms with E-state index < -0.39 is 11.9 Å². The quantitative estimate of drug-likeness (QED) is 0.438. The van der Waals surface area contributed by atoms with Crippen LogP contribution in [0.2, 0.25) is 0 Å². The topological polar surface area (TPSA) is 104 Å². The van der Waals surface area contributed by atoms with E-state index >= 15 is 0 Å². The number of ether oxygens (including phenoxy) is 2. The predicted octanol–water partition coefficient (Wildman–Crippen LogP) is 4.10. The van der Waals surface area contributed by atoms with Gasteiger partial charge in [-0.25, -0.2) is 9.78 Å². The molecule has 0 unspecified atom stereocenters. The van der Waals surface area contributed by atoms with Crippen LogP contribution in [0, 0.1) is 6.92 Å². The van der Waals surface area contributed by atoms with Gasteiger partial charge in [0.05, 0.1) is 12.3 Å². The fraction of sp³-hybridized carbons (Fsp3) is 0.200. The highest BCUT2D eigenvalue weighted by atomic mass is 32.1. The van der Waals surface area contributed by atoms with Gasteiger partial charge in [-0.2, -0.15) is 0 Å². The van der Waals surface area contributed by atoms with Crippen LogP contribution in [0.25, 0.3) is 11.3 Å². The van der Waals surface area contributed by atoms with E-state index in [4.69, 9.17) is 14.0 Å². The summed E-state index contributed by atoms with van der Waals surface area (Å²) in [5.74, 6) is 0.183. The summed E-state index contributed by atoms with van der Waals surface area (Å²) in [5.41, 5.74) is 1.32. The van der Waals surface area contributed by atoms with Crippen molar-refractivity contribution in [2.75, 3.05) is 18.5 Å². The summed E-state index contributed by atoms with van der Waals surface area (Å²) in [6, 6.07) is 8.79. The highest BCUT2D eigenvalue weighted by molar-refractivity contribution is 7.17. The van der Waals surface area contributed by atoms with E-state index in [-0.39, 0.29) is 17.4 Å². The van der Waals surface area contributed by atoms with Crippen LogP contribution in [-0.4, -0.2) is 35.2 Å². The van der Waals surface area contributed by atoms with E-state index in [2.05, 4.69) is 22.0 Å². The average molecular weight is 413 g/mol. The number of amides is 1. The summed E-state index contributed by atoms with van der Waals surface area (Å²) in [6.45, 7) is 7.75. The van der Waals surface area contributed by atoms with Crippen LogP contribution in [0.5, 0.6) is 5.75 Å². The fourth-order valence-electron chi connectivity index (χ4n) is 2.40. The summed E-state index contributed by atoms with van der Waals surface area (Å²) in [7, 11) is 0. The molecule has 0 spiro atoms. The molecule has 3 aromatic rings. The molecule has 29 heavy (non-hydrogen) atoms. The molecule has 1 amide bonds. The molecule has 150 valence electrons. The Kier molecular flexibility index (Phi) is 6.40. The number of aryl methyl sites for hydroxylation is 1. The maximum absolute atomic E-state index is 12.4. The van der Waals surface area contributed by atoms with Crippen LogP contribution in [0.4, 0.5) is 5.13 Å². The Labute approximate surface area is 171 Å². The number of hydrogen-bond acceptors (Lipinski definition) is 8. The van der Waals surface area contributed by atoms with Crippen LogP contribution in [0.3, 0.4) is 0 Å². The molecule has 9 heteroatoms. The van der Waals surface area contributed by atoms with Gasteiger partial charge in [-0.3, -0.25) is 10.1 Å². The molecule has 0 fully saturated rings. The summed E-state index contributed by atoms with van der Waals surface area (Å²) < 4.78 is 15.7. The molecular weight excluding hydrogens is 394 g/mol. The van der Waals surface area contributed by atoms with E-state index in [0.29, 0.717) is 22.9 Å².